The van der Waals surface area contributed by atoms with Crippen LogP contribution in [0.3, 0.4) is 0 Å². The molecule has 4 heteroatoms. The van der Waals surface area contributed by atoms with E-state index < -0.39 is 6.10 Å². The van der Waals surface area contributed by atoms with Crippen molar-refractivity contribution in [2.75, 3.05) is 13.2 Å². The lowest BCUT2D eigenvalue weighted by atomic mass is 9.96. The summed E-state index contributed by atoms with van der Waals surface area (Å²) in [5, 5.41) is 11.5. The van der Waals surface area contributed by atoms with Crippen LogP contribution in [-0.2, 0) is 12.8 Å². The summed E-state index contributed by atoms with van der Waals surface area (Å²) in [5.41, 5.74) is 5.18. The largest absolute Gasteiger partial charge is 0.493 e. The molecule has 2 aromatic carbocycles. The number of aromatic amines is 1. The average Bonchev–Trinajstić information content (AvgIpc) is 3.11. The first-order chi connectivity index (χ1) is 14.2. The second-order valence-electron chi connectivity index (χ2n) is 8.07. The van der Waals surface area contributed by atoms with Crippen molar-refractivity contribution >= 4 is 10.9 Å². The van der Waals surface area contributed by atoms with E-state index in [1.165, 1.54) is 35.0 Å². The Morgan fingerprint density at radius 2 is 1.90 bits per heavy atom. The summed E-state index contributed by atoms with van der Waals surface area (Å²) < 4.78 is 11.7. The van der Waals surface area contributed by atoms with Gasteiger partial charge in [0.2, 0.25) is 0 Å². The van der Waals surface area contributed by atoms with Gasteiger partial charge in [-0.2, -0.15) is 0 Å². The van der Waals surface area contributed by atoms with Crippen LogP contribution in [0.5, 0.6) is 11.5 Å². The van der Waals surface area contributed by atoms with Crippen molar-refractivity contribution in [1.29, 1.82) is 0 Å². The molecule has 1 aliphatic rings. The molecule has 3 aromatic rings. The molecule has 0 saturated heterocycles. The Morgan fingerprint density at radius 3 is 2.79 bits per heavy atom. The van der Waals surface area contributed by atoms with Crippen LogP contribution in [0.2, 0.25) is 0 Å². The van der Waals surface area contributed by atoms with E-state index in [-0.39, 0.29) is 0 Å². The minimum atomic E-state index is -0.454. The topological polar surface area (TPSA) is 54.5 Å². The van der Waals surface area contributed by atoms with E-state index >= 15 is 0 Å². The maximum Gasteiger partial charge on any atom is 0.122 e. The zero-order valence-electron chi connectivity index (χ0n) is 17.2. The van der Waals surface area contributed by atoms with Crippen molar-refractivity contribution in [3.05, 3.63) is 59.3 Å². The molecule has 0 saturated carbocycles. The second kappa shape index (κ2) is 9.36. The number of aliphatic hydroxyl groups is 1. The van der Waals surface area contributed by atoms with Gasteiger partial charge in [-0.25, -0.2) is 0 Å². The molecule has 29 heavy (non-hydrogen) atoms. The van der Waals surface area contributed by atoms with Crippen molar-refractivity contribution in [1.82, 2.24) is 4.98 Å². The number of unbranched alkanes of at least 4 members (excludes halogenated alkanes) is 1. The Bertz CT molecular complexity index is 946. The summed E-state index contributed by atoms with van der Waals surface area (Å²) in [5.74, 6) is 1.78. The first-order valence-electron chi connectivity index (χ1n) is 10.8. The SMILES string of the molecule is Cc1ccccc1OCCCCC(O)COc1ccc2[nH]c3c(c2c1)CCCC3. The minimum absolute atomic E-state index is 0.330. The number of hydrogen-bond acceptors (Lipinski definition) is 3. The smallest absolute Gasteiger partial charge is 0.122 e. The highest BCUT2D eigenvalue weighted by atomic mass is 16.5. The van der Waals surface area contributed by atoms with Gasteiger partial charge in [-0.3, -0.25) is 0 Å². The van der Waals surface area contributed by atoms with Crippen LogP contribution >= 0.6 is 0 Å². The number of nitrogens with one attached hydrogen (secondary N) is 1. The van der Waals surface area contributed by atoms with E-state index in [0.717, 1.165) is 49.2 Å². The molecule has 0 fully saturated rings. The van der Waals surface area contributed by atoms with Crippen molar-refractivity contribution in [3.63, 3.8) is 0 Å². The van der Waals surface area contributed by atoms with Gasteiger partial charge in [-0.15, -0.1) is 0 Å². The molecule has 1 aliphatic carbocycles. The fourth-order valence-electron chi connectivity index (χ4n) is 4.13. The third kappa shape index (κ3) is 4.94. The van der Waals surface area contributed by atoms with E-state index in [1.807, 2.05) is 24.3 Å². The predicted octanol–water partition coefficient (Wildman–Crippen LogP) is 5.34. The Kier molecular flexibility index (Phi) is 6.40. The Hall–Kier alpha value is -2.46. The van der Waals surface area contributed by atoms with Gasteiger partial charge in [0.05, 0.1) is 12.7 Å². The third-order valence-corrected chi connectivity index (χ3v) is 5.79. The van der Waals surface area contributed by atoms with Crippen molar-refractivity contribution in [2.24, 2.45) is 0 Å². The van der Waals surface area contributed by atoms with Crippen LogP contribution in [0.4, 0.5) is 0 Å². The molecule has 154 valence electrons. The van der Waals surface area contributed by atoms with Crippen LogP contribution in [-0.4, -0.2) is 29.4 Å². The third-order valence-electron chi connectivity index (χ3n) is 5.79. The number of rotatable bonds is 9. The summed E-state index contributed by atoms with van der Waals surface area (Å²) in [6.45, 7) is 3.06. The molecule has 4 nitrogen and oxygen atoms in total. The van der Waals surface area contributed by atoms with Crippen LogP contribution in [0.15, 0.2) is 42.5 Å². The summed E-state index contributed by atoms with van der Waals surface area (Å²) in [4.78, 5) is 3.55. The fraction of sp³-hybridized carbons (Fsp3) is 0.440. The standard InChI is InChI=1S/C25H31NO3/c1-18-8-2-5-12-25(18)28-15-7-6-9-19(27)17-29-20-13-14-24-22(16-20)21-10-3-4-11-23(21)26-24/h2,5,8,12-14,16,19,26-27H,3-4,6-7,9-11,15,17H2,1H3. The number of aromatic nitrogens is 1. The first-order valence-corrected chi connectivity index (χ1v) is 10.8. The zero-order chi connectivity index (χ0) is 20.1. The highest BCUT2D eigenvalue weighted by Gasteiger charge is 2.16. The molecule has 1 unspecified atom stereocenters. The molecule has 0 radical (unpaired) electrons. The van der Waals surface area contributed by atoms with E-state index in [4.69, 9.17) is 9.47 Å². The quantitative estimate of drug-likeness (QED) is 0.482. The van der Waals surface area contributed by atoms with E-state index in [2.05, 4.69) is 30.1 Å². The Labute approximate surface area is 172 Å². The van der Waals surface area contributed by atoms with Gasteiger partial charge in [0.25, 0.3) is 0 Å². The molecule has 0 spiro atoms. The van der Waals surface area contributed by atoms with Gasteiger partial charge in [-0.1, -0.05) is 18.2 Å². The number of aliphatic hydroxyl groups excluding tert-OH is 1. The molecule has 0 amide bonds. The molecular weight excluding hydrogens is 362 g/mol. The fourth-order valence-corrected chi connectivity index (χ4v) is 4.13. The molecule has 1 atom stereocenters. The molecule has 0 aliphatic heterocycles. The Balaban J connectivity index is 1.20. The lowest BCUT2D eigenvalue weighted by Gasteiger charge is -2.13. The van der Waals surface area contributed by atoms with Gasteiger partial charge in [0, 0.05) is 16.6 Å². The van der Waals surface area contributed by atoms with E-state index in [1.54, 1.807) is 0 Å². The molecular formula is C25H31NO3. The van der Waals surface area contributed by atoms with Crippen molar-refractivity contribution < 1.29 is 14.6 Å². The zero-order valence-corrected chi connectivity index (χ0v) is 17.2. The summed E-state index contributed by atoms with van der Waals surface area (Å²) in [6, 6.07) is 14.3. The number of fused-ring (bicyclic) bond motifs is 3. The normalized spacial score (nSPS) is 14.6. The second-order valence-corrected chi connectivity index (χ2v) is 8.07. The lowest BCUT2D eigenvalue weighted by Crippen LogP contribution is -2.17. The summed E-state index contributed by atoms with van der Waals surface area (Å²) in [6.07, 6.45) is 6.93. The number of H-pyrrole nitrogens is 1. The lowest BCUT2D eigenvalue weighted by molar-refractivity contribution is 0.0965. The van der Waals surface area contributed by atoms with Crippen molar-refractivity contribution in [3.8, 4) is 11.5 Å². The van der Waals surface area contributed by atoms with Crippen molar-refractivity contribution in [2.45, 2.75) is 58.0 Å². The number of para-hydroxylation sites is 1. The maximum absolute atomic E-state index is 10.3. The Morgan fingerprint density at radius 1 is 1.03 bits per heavy atom. The summed E-state index contributed by atoms with van der Waals surface area (Å²) in [7, 11) is 0. The molecule has 1 aromatic heterocycles. The van der Waals surface area contributed by atoms with Gasteiger partial charge in [0.15, 0.2) is 0 Å². The van der Waals surface area contributed by atoms with E-state index in [9.17, 15) is 5.11 Å². The predicted molar refractivity (Wildman–Crippen MR) is 117 cm³/mol. The molecule has 4 rings (SSSR count). The molecule has 0 bridgehead atoms. The van der Waals surface area contributed by atoms with Gasteiger partial charge in [-0.05, 0) is 87.3 Å². The van der Waals surface area contributed by atoms with Crippen LogP contribution < -0.4 is 9.47 Å². The number of aryl methyl sites for hydroxylation is 3. The van der Waals surface area contributed by atoms with Crippen LogP contribution in [0.1, 0.15) is 48.9 Å². The van der Waals surface area contributed by atoms with Gasteiger partial charge in [0.1, 0.15) is 18.1 Å². The number of benzene rings is 2. The highest BCUT2D eigenvalue weighted by Crippen LogP contribution is 2.31. The highest BCUT2D eigenvalue weighted by molar-refractivity contribution is 5.86. The molecule has 2 N–H and O–H groups in total. The minimum Gasteiger partial charge on any atom is -0.493 e. The number of ether oxygens (including phenoxy) is 2. The van der Waals surface area contributed by atoms with Crippen LogP contribution in [0.25, 0.3) is 10.9 Å². The summed E-state index contributed by atoms with van der Waals surface area (Å²) >= 11 is 0. The van der Waals surface area contributed by atoms with Gasteiger partial charge >= 0.3 is 0 Å². The first kappa shape index (κ1) is 19.8. The van der Waals surface area contributed by atoms with E-state index in [0.29, 0.717) is 13.2 Å². The number of hydrogen-bond donors (Lipinski definition) is 2. The maximum atomic E-state index is 10.3. The molecule has 1 heterocycles. The monoisotopic (exact) mass is 393 g/mol. The average molecular weight is 394 g/mol. The van der Waals surface area contributed by atoms with Gasteiger partial charge < -0.3 is 19.6 Å². The van der Waals surface area contributed by atoms with Crippen LogP contribution in [0, 0.1) is 6.92 Å².